The smallest absolute Gasteiger partial charge is 0.240 e. The number of nitrogens with zero attached hydrogens (tertiary/aromatic N) is 2. The fourth-order valence-electron chi connectivity index (χ4n) is 4.12. The highest BCUT2D eigenvalue weighted by atomic mass is 32.2. The minimum Gasteiger partial charge on any atom is -0.341 e. The number of hydrogen-bond acceptors (Lipinski definition) is 5. The Morgan fingerprint density at radius 1 is 1.38 bits per heavy atom. The number of likely N-dealkylation sites (tertiary alicyclic amines) is 1. The Morgan fingerprint density at radius 3 is 3.12 bits per heavy atom. The zero-order valence-corrected chi connectivity index (χ0v) is 14.8. The van der Waals surface area contributed by atoms with Crippen LogP contribution in [0.3, 0.4) is 0 Å². The number of carbonyl (C=O) groups excluding carboxylic acids is 1. The summed E-state index contributed by atoms with van der Waals surface area (Å²) in [6.07, 6.45) is 7.31. The molecular weight excluding hydrogens is 320 g/mol. The summed E-state index contributed by atoms with van der Waals surface area (Å²) < 4.78 is 0. The topological polar surface area (TPSA) is 57.3 Å². The van der Waals surface area contributed by atoms with Gasteiger partial charge in [-0.05, 0) is 43.4 Å². The van der Waals surface area contributed by atoms with Crippen molar-refractivity contribution >= 4 is 17.7 Å². The maximum Gasteiger partial charge on any atom is 0.240 e. The van der Waals surface area contributed by atoms with Gasteiger partial charge in [-0.3, -0.25) is 15.1 Å². The zero-order valence-electron chi connectivity index (χ0n) is 14.0. The van der Waals surface area contributed by atoms with Crippen molar-refractivity contribution in [3.8, 4) is 0 Å². The number of aromatic nitrogens is 1. The minimum atomic E-state index is -0.00502. The minimum absolute atomic E-state index is 0.00502. The highest BCUT2D eigenvalue weighted by Crippen LogP contribution is 2.31. The van der Waals surface area contributed by atoms with E-state index < -0.39 is 0 Å². The van der Waals surface area contributed by atoms with Crippen LogP contribution in [0, 0.1) is 5.92 Å². The van der Waals surface area contributed by atoms with Crippen LogP contribution in [-0.4, -0.2) is 59.1 Å². The summed E-state index contributed by atoms with van der Waals surface area (Å²) in [5.41, 5.74) is 1.26. The summed E-state index contributed by atoms with van der Waals surface area (Å²) in [5, 5.41) is 7.53. The summed E-state index contributed by atoms with van der Waals surface area (Å²) in [7, 11) is 0. The second kappa shape index (κ2) is 7.42. The third-order valence-corrected chi connectivity index (χ3v) is 6.93. The van der Waals surface area contributed by atoms with Gasteiger partial charge < -0.3 is 10.2 Å². The number of nitrogens with one attached hydrogen (secondary N) is 2. The lowest BCUT2D eigenvalue weighted by atomic mass is 9.99. The van der Waals surface area contributed by atoms with E-state index >= 15 is 0 Å². The van der Waals surface area contributed by atoms with Crippen LogP contribution in [0.15, 0.2) is 24.5 Å². The second-order valence-electron chi connectivity index (χ2n) is 7.14. The fraction of sp³-hybridized carbons (Fsp3) is 0.667. The summed E-state index contributed by atoms with van der Waals surface area (Å²) >= 11 is 1.93. The molecule has 4 heterocycles. The lowest BCUT2D eigenvalue weighted by Gasteiger charge is -2.28. The van der Waals surface area contributed by atoms with E-state index in [2.05, 4.69) is 26.6 Å². The van der Waals surface area contributed by atoms with E-state index in [9.17, 15) is 4.79 Å². The van der Waals surface area contributed by atoms with Crippen LogP contribution in [0.5, 0.6) is 0 Å². The summed E-state index contributed by atoms with van der Waals surface area (Å²) in [5.74, 6) is 2.30. The largest absolute Gasteiger partial charge is 0.341 e. The van der Waals surface area contributed by atoms with Gasteiger partial charge in [-0.2, -0.15) is 0 Å². The number of hydrogen-bond donors (Lipinski definition) is 2. The summed E-state index contributed by atoms with van der Waals surface area (Å²) in [6, 6.07) is 4.11. The highest BCUT2D eigenvalue weighted by molar-refractivity contribution is 8.00. The molecule has 1 amide bonds. The lowest BCUT2D eigenvalue weighted by molar-refractivity contribution is -0.131. The predicted octanol–water partition coefficient (Wildman–Crippen LogP) is 1.43. The first-order valence-electron chi connectivity index (χ1n) is 9.08. The number of rotatable bonds is 3. The quantitative estimate of drug-likeness (QED) is 0.867. The number of amides is 1. The van der Waals surface area contributed by atoms with Gasteiger partial charge in [-0.25, -0.2) is 0 Å². The van der Waals surface area contributed by atoms with Crippen molar-refractivity contribution < 1.29 is 4.79 Å². The Hall–Kier alpha value is -1.11. The van der Waals surface area contributed by atoms with Crippen molar-refractivity contribution in [3.05, 3.63) is 30.1 Å². The van der Waals surface area contributed by atoms with Crippen LogP contribution in [-0.2, 0) is 4.79 Å². The molecule has 130 valence electrons. The third kappa shape index (κ3) is 3.46. The van der Waals surface area contributed by atoms with Crippen LogP contribution in [0.4, 0.5) is 0 Å². The van der Waals surface area contributed by atoms with Crippen molar-refractivity contribution in [1.82, 2.24) is 20.5 Å². The number of thioether (sulfide) groups is 1. The van der Waals surface area contributed by atoms with E-state index in [0.29, 0.717) is 23.1 Å². The average Bonchev–Trinajstić information content (AvgIpc) is 3.33. The molecule has 1 aromatic rings. The molecule has 4 rings (SSSR count). The maximum absolute atomic E-state index is 12.9. The Labute approximate surface area is 148 Å². The molecule has 3 saturated heterocycles. The number of carbonyl (C=O) groups is 1. The molecule has 0 aliphatic carbocycles. The van der Waals surface area contributed by atoms with E-state index in [1.807, 2.05) is 24.0 Å². The van der Waals surface area contributed by atoms with Crippen LogP contribution in [0.2, 0.25) is 0 Å². The number of pyridine rings is 1. The molecule has 1 aromatic heterocycles. The first-order valence-corrected chi connectivity index (χ1v) is 10.1. The van der Waals surface area contributed by atoms with E-state index in [1.54, 1.807) is 6.20 Å². The molecule has 2 N–H and O–H groups in total. The van der Waals surface area contributed by atoms with Gasteiger partial charge in [0.1, 0.15) is 0 Å². The van der Waals surface area contributed by atoms with E-state index in [-0.39, 0.29) is 6.04 Å². The van der Waals surface area contributed by atoms with Gasteiger partial charge in [0, 0.05) is 43.7 Å². The van der Waals surface area contributed by atoms with Crippen LogP contribution in [0.1, 0.15) is 30.7 Å². The molecule has 0 spiro atoms. The molecule has 6 heteroatoms. The molecule has 2 unspecified atom stereocenters. The molecule has 3 aliphatic heterocycles. The van der Waals surface area contributed by atoms with E-state index in [4.69, 9.17) is 0 Å². The Balaban J connectivity index is 1.32. The molecular formula is C18H26N4OS. The van der Waals surface area contributed by atoms with Crippen molar-refractivity contribution in [2.45, 2.75) is 36.6 Å². The van der Waals surface area contributed by atoms with E-state index in [1.165, 1.54) is 18.4 Å². The summed E-state index contributed by atoms with van der Waals surface area (Å²) in [4.78, 5) is 19.1. The summed E-state index contributed by atoms with van der Waals surface area (Å²) in [6.45, 7) is 3.93. The van der Waals surface area contributed by atoms with E-state index in [0.717, 1.165) is 38.4 Å². The SMILES string of the molecule is O=C(C1CSC([C@H]2CCCNC2)N1)N1CC[C@H](c2cccnc2)C1. The van der Waals surface area contributed by atoms with Gasteiger partial charge >= 0.3 is 0 Å². The first kappa shape index (κ1) is 16.4. The maximum atomic E-state index is 12.9. The second-order valence-corrected chi connectivity index (χ2v) is 8.31. The molecule has 0 aromatic carbocycles. The Bertz CT molecular complexity index is 563. The molecule has 3 aliphatic rings. The highest BCUT2D eigenvalue weighted by Gasteiger charge is 2.38. The van der Waals surface area contributed by atoms with Crippen molar-refractivity contribution in [2.75, 3.05) is 31.9 Å². The lowest BCUT2D eigenvalue weighted by Crippen LogP contribution is -2.48. The number of piperidine rings is 1. The molecule has 4 atom stereocenters. The molecule has 5 nitrogen and oxygen atoms in total. The Morgan fingerprint density at radius 2 is 2.33 bits per heavy atom. The monoisotopic (exact) mass is 346 g/mol. The normalized spacial score (nSPS) is 33.8. The van der Waals surface area contributed by atoms with Gasteiger partial charge in [-0.15, -0.1) is 11.8 Å². The standard InChI is InChI=1S/C18H26N4OS/c23-18(16-12-24-17(21-16)14-4-2-7-20-10-14)22-8-5-15(11-22)13-3-1-6-19-9-13/h1,3,6,9,14-17,20-21H,2,4-5,7-8,10-12H2/t14-,15-,16?,17?/m0/s1. The molecule has 24 heavy (non-hydrogen) atoms. The fourth-order valence-corrected chi connectivity index (χ4v) is 5.52. The van der Waals surface area contributed by atoms with Gasteiger partial charge in [0.2, 0.25) is 5.91 Å². The van der Waals surface area contributed by atoms with Crippen molar-refractivity contribution in [1.29, 1.82) is 0 Å². The van der Waals surface area contributed by atoms with Crippen LogP contribution in [0.25, 0.3) is 0 Å². The predicted molar refractivity (Wildman–Crippen MR) is 96.9 cm³/mol. The third-order valence-electron chi connectivity index (χ3n) is 5.52. The van der Waals surface area contributed by atoms with Crippen molar-refractivity contribution in [2.24, 2.45) is 5.92 Å². The zero-order chi connectivity index (χ0) is 16.4. The average molecular weight is 347 g/mol. The van der Waals surface area contributed by atoms with Crippen molar-refractivity contribution in [3.63, 3.8) is 0 Å². The van der Waals surface area contributed by atoms with Gasteiger partial charge in [-0.1, -0.05) is 6.07 Å². The molecule has 0 saturated carbocycles. The molecule has 3 fully saturated rings. The van der Waals surface area contributed by atoms with Crippen LogP contribution >= 0.6 is 11.8 Å². The Kier molecular flexibility index (Phi) is 5.06. The van der Waals surface area contributed by atoms with Gasteiger partial charge in [0.15, 0.2) is 0 Å². The molecule has 0 bridgehead atoms. The van der Waals surface area contributed by atoms with Gasteiger partial charge in [0.05, 0.1) is 11.4 Å². The first-order chi connectivity index (χ1) is 11.8. The van der Waals surface area contributed by atoms with Crippen LogP contribution < -0.4 is 10.6 Å². The molecule has 0 radical (unpaired) electrons. The van der Waals surface area contributed by atoms with Gasteiger partial charge in [0.25, 0.3) is 0 Å².